The Balaban J connectivity index is 1.44. The van der Waals surface area contributed by atoms with Gasteiger partial charge < -0.3 is 29.9 Å². The van der Waals surface area contributed by atoms with Gasteiger partial charge in [0.05, 0.1) is 10.4 Å². The second kappa shape index (κ2) is 9.18. The van der Waals surface area contributed by atoms with Crippen molar-refractivity contribution in [1.82, 2.24) is 10.2 Å². The van der Waals surface area contributed by atoms with Gasteiger partial charge in [-0.1, -0.05) is 11.3 Å². The van der Waals surface area contributed by atoms with Crippen molar-refractivity contribution in [2.24, 2.45) is 0 Å². The number of nitrogens with one attached hydrogen (secondary N) is 2. The summed E-state index contributed by atoms with van der Waals surface area (Å²) in [5, 5.41) is 6.06. The van der Waals surface area contributed by atoms with Crippen LogP contribution in [0.3, 0.4) is 0 Å². The zero-order chi connectivity index (χ0) is 22.9. The summed E-state index contributed by atoms with van der Waals surface area (Å²) < 4.78 is 11.3. The summed E-state index contributed by atoms with van der Waals surface area (Å²) >= 11 is 4.60. The molecule has 2 aliphatic rings. The van der Waals surface area contributed by atoms with E-state index in [4.69, 9.17) is 9.47 Å². The third-order valence-corrected chi connectivity index (χ3v) is 6.83. The number of carbonyl (C=O) groups excluding carboxylic acids is 3. The normalized spacial score (nSPS) is 18.1. The van der Waals surface area contributed by atoms with Crippen molar-refractivity contribution in [3.8, 4) is 5.06 Å². The number of ether oxygens (including phenoxy) is 2. The molecule has 170 valence electrons. The number of hydrogen-bond donors (Lipinski definition) is 2. The number of halogens is 1. The lowest BCUT2D eigenvalue weighted by Crippen LogP contribution is -2.74. The Kier molecular flexibility index (Phi) is 6.52. The first kappa shape index (κ1) is 22.7. The van der Waals surface area contributed by atoms with Crippen molar-refractivity contribution < 1.29 is 23.9 Å². The van der Waals surface area contributed by atoms with Crippen LogP contribution in [0, 0.1) is 6.92 Å². The van der Waals surface area contributed by atoms with E-state index in [-0.39, 0.29) is 18.4 Å². The van der Waals surface area contributed by atoms with Gasteiger partial charge in [0.1, 0.15) is 12.1 Å². The summed E-state index contributed by atoms with van der Waals surface area (Å²) in [7, 11) is 1.87. The molecule has 2 aliphatic heterocycles. The number of hydrogen-bond acceptors (Lipinski definition) is 7. The number of aryl methyl sites for hydroxylation is 1. The van der Waals surface area contributed by atoms with Crippen LogP contribution in [0.25, 0.3) is 0 Å². The van der Waals surface area contributed by atoms with Crippen LogP contribution in [0.5, 0.6) is 5.06 Å². The quantitative estimate of drug-likeness (QED) is 0.625. The monoisotopic (exact) mass is 522 g/mol. The average molecular weight is 523 g/mol. The van der Waals surface area contributed by atoms with Crippen LogP contribution < -0.4 is 20.3 Å². The van der Waals surface area contributed by atoms with Crippen LogP contribution in [-0.4, -0.2) is 68.2 Å². The molecule has 2 fully saturated rings. The Labute approximate surface area is 197 Å². The molecule has 1 aromatic carbocycles. The van der Waals surface area contributed by atoms with E-state index >= 15 is 0 Å². The van der Waals surface area contributed by atoms with E-state index < -0.39 is 11.6 Å². The molecular formula is C21H23BrN4O5S. The first-order valence-corrected chi connectivity index (χ1v) is 11.6. The van der Waals surface area contributed by atoms with Crippen LogP contribution in [-0.2, 0) is 14.3 Å². The predicted octanol–water partition coefficient (Wildman–Crippen LogP) is 2.59. The van der Waals surface area contributed by atoms with Gasteiger partial charge in [-0.2, -0.15) is 0 Å². The lowest BCUT2D eigenvalue weighted by atomic mass is 9.89. The Hall–Kier alpha value is -2.47. The minimum absolute atomic E-state index is 0.0676. The third kappa shape index (κ3) is 4.80. The fraction of sp³-hybridized carbons (Fsp3) is 0.381. The predicted molar refractivity (Wildman–Crippen MR) is 124 cm³/mol. The molecular weight excluding hydrogens is 500 g/mol. The molecule has 0 atom stereocenters. The highest BCUT2D eigenvalue weighted by atomic mass is 79.9. The summed E-state index contributed by atoms with van der Waals surface area (Å²) in [5.41, 5.74) is 1.14. The second-order valence-corrected chi connectivity index (χ2v) is 10.3. The summed E-state index contributed by atoms with van der Waals surface area (Å²) in [6.45, 7) is 3.66. The molecule has 3 heterocycles. The molecule has 32 heavy (non-hydrogen) atoms. The molecule has 4 rings (SSSR count). The van der Waals surface area contributed by atoms with Gasteiger partial charge in [-0.15, -0.1) is 0 Å². The zero-order valence-electron chi connectivity index (χ0n) is 17.6. The van der Waals surface area contributed by atoms with Gasteiger partial charge in [0.2, 0.25) is 0 Å². The maximum atomic E-state index is 13.1. The molecule has 2 aromatic rings. The standard InChI is InChI=1S/C21H23BrN4O5S/c1-13-9-14(3-4-15(13)26-7-8-30-10-17(26)27)23-19(28)21(11-25(2)12-21)24-20(29)31-18-6-5-16(22)32-18/h3-6,9H,7-8,10-12H2,1-2H3,(H,23,28)(H,24,29). The Morgan fingerprint density at radius 1 is 1.25 bits per heavy atom. The number of anilines is 2. The molecule has 1 aromatic heterocycles. The maximum Gasteiger partial charge on any atom is 0.414 e. The summed E-state index contributed by atoms with van der Waals surface area (Å²) in [6, 6.07) is 8.83. The summed E-state index contributed by atoms with van der Waals surface area (Å²) in [5.74, 6) is -0.414. The van der Waals surface area contributed by atoms with E-state index in [0.29, 0.717) is 37.0 Å². The molecule has 2 N–H and O–H groups in total. The largest absolute Gasteiger partial charge is 0.414 e. The van der Waals surface area contributed by atoms with Gasteiger partial charge in [-0.05, 0) is 65.8 Å². The Bertz CT molecular complexity index is 1050. The van der Waals surface area contributed by atoms with E-state index in [9.17, 15) is 14.4 Å². The average Bonchev–Trinajstić information content (AvgIpc) is 3.12. The van der Waals surface area contributed by atoms with Crippen molar-refractivity contribution in [2.75, 3.05) is 50.1 Å². The van der Waals surface area contributed by atoms with Crippen LogP contribution >= 0.6 is 27.3 Å². The topological polar surface area (TPSA) is 100 Å². The van der Waals surface area contributed by atoms with Crippen molar-refractivity contribution in [3.63, 3.8) is 0 Å². The zero-order valence-corrected chi connectivity index (χ0v) is 20.0. The minimum atomic E-state index is -1.09. The van der Waals surface area contributed by atoms with E-state index in [0.717, 1.165) is 15.0 Å². The smallest absolute Gasteiger partial charge is 0.399 e. The van der Waals surface area contributed by atoms with Crippen molar-refractivity contribution in [1.29, 1.82) is 0 Å². The summed E-state index contributed by atoms with van der Waals surface area (Å²) in [4.78, 5) is 41.3. The molecule has 3 amide bonds. The first-order chi connectivity index (χ1) is 15.3. The number of rotatable bonds is 5. The lowest BCUT2D eigenvalue weighted by molar-refractivity contribution is -0.128. The fourth-order valence-electron chi connectivity index (χ4n) is 3.88. The van der Waals surface area contributed by atoms with Crippen LogP contribution in [0.4, 0.5) is 16.2 Å². The van der Waals surface area contributed by atoms with Crippen molar-refractivity contribution in [2.45, 2.75) is 12.5 Å². The van der Waals surface area contributed by atoms with Gasteiger partial charge in [0, 0.05) is 31.0 Å². The van der Waals surface area contributed by atoms with Gasteiger partial charge in [-0.3, -0.25) is 9.59 Å². The number of thiophene rings is 1. The first-order valence-electron chi connectivity index (χ1n) is 10.00. The summed E-state index contributed by atoms with van der Waals surface area (Å²) in [6.07, 6.45) is -0.681. The molecule has 11 heteroatoms. The molecule has 0 radical (unpaired) electrons. The molecule has 9 nitrogen and oxygen atoms in total. The van der Waals surface area contributed by atoms with E-state index in [1.165, 1.54) is 11.3 Å². The minimum Gasteiger partial charge on any atom is -0.399 e. The molecule has 0 aliphatic carbocycles. The second-order valence-electron chi connectivity index (χ2n) is 7.88. The number of amides is 3. The van der Waals surface area contributed by atoms with E-state index in [1.807, 2.05) is 31.0 Å². The van der Waals surface area contributed by atoms with Crippen LogP contribution in [0.1, 0.15) is 5.56 Å². The van der Waals surface area contributed by atoms with Gasteiger partial charge >= 0.3 is 6.09 Å². The number of carbonyl (C=O) groups is 3. The number of likely N-dealkylation sites (tertiary alicyclic amines) is 1. The van der Waals surface area contributed by atoms with Gasteiger partial charge in [0.25, 0.3) is 11.8 Å². The number of likely N-dealkylation sites (N-methyl/N-ethyl adjacent to an activating group) is 1. The number of morpholine rings is 1. The molecule has 2 saturated heterocycles. The molecule has 0 saturated carbocycles. The highest BCUT2D eigenvalue weighted by molar-refractivity contribution is 9.11. The highest BCUT2D eigenvalue weighted by Crippen LogP contribution is 2.30. The van der Waals surface area contributed by atoms with Crippen molar-refractivity contribution >= 4 is 56.5 Å². The van der Waals surface area contributed by atoms with E-state index in [1.54, 1.807) is 23.1 Å². The van der Waals surface area contributed by atoms with Crippen molar-refractivity contribution in [3.05, 3.63) is 39.7 Å². The maximum absolute atomic E-state index is 13.1. The molecule has 0 bridgehead atoms. The van der Waals surface area contributed by atoms with E-state index in [2.05, 4.69) is 26.6 Å². The number of benzene rings is 1. The Morgan fingerprint density at radius 2 is 2.03 bits per heavy atom. The molecule has 0 spiro atoms. The third-order valence-electron chi connectivity index (χ3n) is 5.33. The van der Waals surface area contributed by atoms with Crippen LogP contribution in [0.15, 0.2) is 34.1 Å². The highest BCUT2D eigenvalue weighted by Gasteiger charge is 2.49. The SMILES string of the molecule is Cc1cc(NC(=O)C2(NC(=O)Oc3ccc(Br)s3)CN(C)C2)ccc1N1CCOCC1=O. The van der Waals surface area contributed by atoms with Crippen LogP contribution in [0.2, 0.25) is 0 Å². The van der Waals surface area contributed by atoms with Gasteiger partial charge in [0.15, 0.2) is 5.06 Å². The fourth-order valence-corrected chi connectivity index (χ4v) is 5.07. The Morgan fingerprint density at radius 3 is 2.66 bits per heavy atom. The lowest BCUT2D eigenvalue weighted by Gasteiger charge is -2.46. The number of nitrogens with zero attached hydrogens (tertiary/aromatic N) is 2. The van der Waals surface area contributed by atoms with Gasteiger partial charge in [-0.25, -0.2) is 4.79 Å². The molecule has 0 unspecified atom stereocenters.